The highest BCUT2D eigenvalue weighted by Crippen LogP contribution is 2.12. The van der Waals surface area contributed by atoms with Crippen LogP contribution in [0.4, 0.5) is 0 Å². The van der Waals surface area contributed by atoms with E-state index in [-0.39, 0.29) is 25.0 Å². The van der Waals surface area contributed by atoms with Crippen molar-refractivity contribution in [3.8, 4) is 0 Å². The number of hydrogen-bond donors (Lipinski definition) is 7. The van der Waals surface area contributed by atoms with Crippen LogP contribution in [-0.2, 0) is 4.79 Å². The SMILES string of the molecule is CC(C)(CO)CO.CCCCCCCCC(=O)C(O)C(O)C(O)C(O)CO. The Balaban J connectivity index is 0. The van der Waals surface area contributed by atoms with E-state index in [0.29, 0.717) is 6.42 Å². The minimum atomic E-state index is -1.79. The fourth-order valence-electron chi connectivity index (χ4n) is 1.99. The Kier molecular flexibility index (Phi) is 17.3. The highest BCUT2D eigenvalue weighted by molar-refractivity contribution is 5.83. The lowest BCUT2D eigenvalue weighted by atomic mass is 9.97. The largest absolute Gasteiger partial charge is 0.396 e. The fraction of sp³-hybridized carbons (Fsp3) is 0.947. The number of ketones is 1. The van der Waals surface area contributed by atoms with Gasteiger partial charge in [-0.05, 0) is 6.42 Å². The smallest absolute Gasteiger partial charge is 0.164 e. The molecule has 4 unspecified atom stereocenters. The molecule has 0 spiro atoms. The lowest BCUT2D eigenvalue weighted by molar-refractivity contribution is -0.147. The summed E-state index contributed by atoms with van der Waals surface area (Å²) in [4.78, 5) is 11.6. The second-order valence-corrected chi connectivity index (χ2v) is 7.64. The molecule has 0 bridgehead atoms. The number of carbonyl (C=O) groups is 1. The van der Waals surface area contributed by atoms with Crippen LogP contribution in [0.1, 0.15) is 65.7 Å². The molecule has 0 aromatic heterocycles. The topological polar surface area (TPSA) is 159 Å². The van der Waals surface area contributed by atoms with E-state index in [2.05, 4.69) is 6.92 Å². The predicted octanol–water partition coefficient (Wildman–Crippen LogP) is -0.261. The molecule has 0 saturated carbocycles. The lowest BCUT2D eigenvalue weighted by Gasteiger charge is -2.24. The van der Waals surface area contributed by atoms with Gasteiger partial charge in [-0.2, -0.15) is 0 Å². The number of carbonyl (C=O) groups excluding carboxylic acids is 1. The molecule has 0 amide bonds. The summed E-state index contributed by atoms with van der Waals surface area (Å²) in [6, 6.07) is 0. The van der Waals surface area contributed by atoms with Crippen molar-refractivity contribution in [2.24, 2.45) is 5.41 Å². The third-order valence-corrected chi connectivity index (χ3v) is 4.22. The van der Waals surface area contributed by atoms with E-state index in [4.69, 9.17) is 20.4 Å². The van der Waals surface area contributed by atoms with Crippen molar-refractivity contribution < 1.29 is 40.5 Å². The molecule has 0 radical (unpaired) electrons. The monoisotopic (exact) mass is 396 g/mol. The van der Waals surface area contributed by atoms with Crippen LogP contribution in [0.15, 0.2) is 0 Å². The van der Waals surface area contributed by atoms with Crippen LogP contribution < -0.4 is 0 Å². The van der Waals surface area contributed by atoms with Gasteiger partial charge in [0.05, 0.1) is 19.8 Å². The molecule has 0 aliphatic rings. The lowest BCUT2D eigenvalue weighted by Crippen LogP contribution is -2.48. The molecule has 0 fully saturated rings. The van der Waals surface area contributed by atoms with Crippen molar-refractivity contribution in [3.05, 3.63) is 0 Å². The zero-order valence-electron chi connectivity index (χ0n) is 16.9. The zero-order chi connectivity index (χ0) is 21.5. The van der Waals surface area contributed by atoms with Crippen LogP contribution >= 0.6 is 0 Å². The molecule has 0 aliphatic carbocycles. The van der Waals surface area contributed by atoms with Crippen LogP contribution in [0, 0.1) is 5.41 Å². The Labute approximate surface area is 162 Å². The summed E-state index contributed by atoms with van der Waals surface area (Å²) in [7, 11) is 0. The fourth-order valence-corrected chi connectivity index (χ4v) is 1.99. The molecule has 0 aromatic carbocycles. The number of aliphatic hydroxyl groups excluding tert-OH is 7. The molecule has 4 atom stereocenters. The van der Waals surface area contributed by atoms with Gasteiger partial charge in [-0.15, -0.1) is 0 Å². The van der Waals surface area contributed by atoms with Crippen molar-refractivity contribution in [1.82, 2.24) is 0 Å². The number of aliphatic hydroxyl groups is 7. The Morgan fingerprint density at radius 3 is 1.70 bits per heavy atom. The van der Waals surface area contributed by atoms with Crippen LogP contribution in [-0.4, -0.2) is 85.8 Å². The van der Waals surface area contributed by atoms with Crippen molar-refractivity contribution in [2.75, 3.05) is 19.8 Å². The number of unbranched alkanes of at least 4 members (excludes halogenated alkanes) is 5. The summed E-state index contributed by atoms with van der Waals surface area (Å²) < 4.78 is 0. The van der Waals surface area contributed by atoms with Crippen molar-refractivity contribution in [3.63, 3.8) is 0 Å². The van der Waals surface area contributed by atoms with Crippen molar-refractivity contribution in [1.29, 1.82) is 0 Å². The molecule has 27 heavy (non-hydrogen) atoms. The summed E-state index contributed by atoms with van der Waals surface area (Å²) in [5.74, 6) is -0.558. The molecule has 7 N–H and O–H groups in total. The predicted molar refractivity (Wildman–Crippen MR) is 102 cm³/mol. The van der Waals surface area contributed by atoms with Gasteiger partial charge in [-0.3, -0.25) is 4.79 Å². The molecule has 0 aliphatic heterocycles. The van der Waals surface area contributed by atoms with E-state index in [0.717, 1.165) is 25.7 Å². The summed E-state index contributed by atoms with van der Waals surface area (Å²) in [5, 5.41) is 63.2. The van der Waals surface area contributed by atoms with Gasteiger partial charge in [0.15, 0.2) is 5.78 Å². The minimum absolute atomic E-state index is 0.0451. The van der Waals surface area contributed by atoms with Crippen LogP contribution in [0.2, 0.25) is 0 Å². The van der Waals surface area contributed by atoms with E-state index in [9.17, 15) is 20.1 Å². The molecule has 164 valence electrons. The van der Waals surface area contributed by atoms with Crippen molar-refractivity contribution >= 4 is 5.78 Å². The van der Waals surface area contributed by atoms with Gasteiger partial charge in [0, 0.05) is 11.8 Å². The maximum atomic E-state index is 11.6. The number of rotatable bonds is 14. The van der Waals surface area contributed by atoms with Crippen molar-refractivity contribution in [2.45, 2.75) is 90.1 Å². The first-order valence-electron chi connectivity index (χ1n) is 9.65. The van der Waals surface area contributed by atoms with Crippen LogP contribution in [0.5, 0.6) is 0 Å². The molecule has 0 aromatic rings. The summed E-state index contributed by atoms with van der Waals surface area (Å²) in [5.41, 5.74) is -0.306. The Morgan fingerprint density at radius 1 is 0.815 bits per heavy atom. The van der Waals surface area contributed by atoms with Gasteiger partial charge < -0.3 is 35.7 Å². The Hall–Kier alpha value is -0.610. The first kappa shape index (κ1) is 28.6. The minimum Gasteiger partial charge on any atom is -0.396 e. The quantitative estimate of drug-likeness (QED) is 0.198. The third-order valence-electron chi connectivity index (χ3n) is 4.22. The Morgan fingerprint density at radius 2 is 1.30 bits per heavy atom. The number of Topliss-reactive ketones (excluding diaryl/α,β-unsaturated/α-hetero) is 1. The molecular weight excluding hydrogens is 356 g/mol. The first-order valence-corrected chi connectivity index (χ1v) is 9.65. The van der Waals surface area contributed by atoms with Gasteiger partial charge in [-0.25, -0.2) is 0 Å². The zero-order valence-corrected chi connectivity index (χ0v) is 16.9. The third kappa shape index (κ3) is 14.1. The van der Waals surface area contributed by atoms with E-state index < -0.39 is 36.8 Å². The van der Waals surface area contributed by atoms with E-state index in [1.165, 1.54) is 6.42 Å². The second kappa shape index (κ2) is 16.4. The van der Waals surface area contributed by atoms with Gasteiger partial charge in [-0.1, -0.05) is 52.9 Å². The van der Waals surface area contributed by atoms with Crippen LogP contribution in [0.25, 0.3) is 0 Å². The normalized spacial score (nSPS) is 16.1. The highest BCUT2D eigenvalue weighted by Gasteiger charge is 2.33. The van der Waals surface area contributed by atoms with E-state index in [1.807, 2.05) is 0 Å². The second-order valence-electron chi connectivity index (χ2n) is 7.64. The average Bonchev–Trinajstić information content (AvgIpc) is 2.68. The standard InChI is InChI=1S/C14H28O6.C5H12O2/c1-2-3-4-5-6-7-8-10(16)12(18)14(20)13(19)11(17)9-15;1-5(2,3-6)4-7/h11-15,17-20H,2-9H2,1H3;6-7H,3-4H2,1-2H3. The average molecular weight is 397 g/mol. The molecule has 0 rings (SSSR count). The first-order chi connectivity index (χ1) is 12.6. The molecule has 8 nitrogen and oxygen atoms in total. The Bertz CT molecular complexity index is 356. The molecular formula is C19H40O8. The molecule has 8 heteroatoms. The number of hydrogen-bond acceptors (Lipinski definition) is 8. The summed E-state index contributed by atoms with van der Waals surface area (Å²) >= 11 is 0. The molecule has 0 heterocycles. The summed E-state index contributed by atoms with van der Waals surface area (Å²) in [6.07, 6.45) is -0.733. The highest BCUT2D eigenvalue weighted by atomic mass is 16.4. The van der Waals surface area contributed by atoms with Gasteiger partial charge in [0.1, 0.15) is 24.4 Å². The summed E-state index contributed by atoms with van der Waals surface area (Å²) in [6.45, 7) is 5.05. The van der Waals surface area contributed by atoms with Crippen LogP contribution in [0.3, 0.4) is 0 Å². The molecule has 0 saturated heterocycles. The van der Waals surface area contributed by atoms with E-state index in [1.54, 1.807) is 13.8 Å². The maximum absolute atomic E-state index is 11.6. The maximum Gasteiger partial charge on any atom is 0.164 e. The van der Waals surface area contributed by atoms with Gasteiger partial charge >= 0.3 is 0 Å². The van der Waals surface area contributed by atoms with E-state index >= 15 is 0 Å². The van der Waals surface area contributed by atoms with Gasteiger partial charge in [0.25, 0.3) is 0 Å². The van der Waals surface area contributed by atoms with Gasteiger partial charge in [0.2, 0.25) is 0 Å².